The minimum atomic E-state index is -0.415. The van der Waals surface area contributed by atoms with Gasteiger partial charge in [0.15, 0.2) is 0 Å². The molecule has 2 amide bonds. The largest absolute Gasteiger partial charge is 0.462 e. The Kier molecular flexibility index (Phi) is 6.13. The molecule has 0 saturated heterocycles. The Morgan fingerprint density at radius 1 is 1.11 bits per heavy atom. The fourth-order valence-electron chi connectivity index (χ4n) is 2.69. The van der Waals surface area contributed by atoms with Gasteiger partial charge in [-0.1, -0.05) is 19.9 Å². The first-order valence-corrected chi connectivity index (χ1v) is 10.5. The van der Waals surface area contributed by atoms with E-state index in [9.17, 15) is 14.4 Å². The van der Waals surface area contributed by atoms with Gasteiger partial charge >= 0.3 is 5.97 Å². The molecule has 0 spiro atoms. The Balaban J connectivity index is 1.89. The van der Waals surface area contributed by atoms with Gasteiger partial charge in [0, 0.05) is 4.88 Å². The number of thiophene rings is 1. The molecule has 27 heavy (non-hydrogen) atoms. The molecule has 0 unspecified atom stereocenters. The molecule has 3 rings (SSSR count). The van der Waals surface area contributed by atoms with Gasteiger partial charge in [-0.05, 0) is 47.9 Å². The first-order valence-electron chi connectivity index (χ1n) is 8.65. The van der Waals surface area contributed by atoms with Crippen LogP contribution in [0.5, 0.6) is 0 Å². The van der Waals surface area contributed by atoms with E-state index in [2.05, 4.69) is 0 Å². The number of carbonyl (C=O) groups is 3. The van der Waals surface area contributed by atoms with Crippen LogP contribution in [0.15, 0.2) is 46.7 Å². The fourth-order valence-corrected chi connectivity index (χ4v) is 4.36. The summed E-state index contributed by atoms with van der Waals surface area (Å²) in [6, 6.07) is 10.1. The first-order chi connectivity index (χ1) is 13.1. The van der Waals surface area contributed by atoms with Crippen LogP contribution in [0.2, 0.25) is 0 Å². The zero-order valence-electron chi connectivity index (χ0n) is 15.1. The molecule has 0 bridgehead atoms. The lowest BCUT2D eigenvalue weighted by molar-refractivity contribution is -0.119. The standard InChI is InChI=1S/C20H19NO4S2/c1-3-11-25-20(24)13-7-9-14(10-8-13)21-18(22)16(15-6-5-12-27-15)17(19(21)23)26-4-2/h5-10,12H,3-4,11H2,1-2H3. The van der Waals surface area contributed by atoms with Crippen LogP contribution in [-0.2, 0) is 14.3 Å². The van der Waals surface area contributed by atoms with E-state index in [4.69, 9.17) is 4.74 Å². The molecule has 0 aliphatic carbocycles. The van der Waals surface area contributed by atoms with E-state index >= 15 is 0 Å². The van der Waals surface area contributed by atoms with Gasteiger partial charge in [0.2, 0.25) is 0 Å². The highest BCUT2D eigenvalue weighted by Crippen LogP contribution is 2.39. The third-order valence-corrected chi connectivity index (χ3v) is 5.74. The third kappa shape index (κ3) is 3.84. The van der Waals surface area contributed by atoms with Crippen LogP contribution < -0.4 is 4.90 Å². The van der Waals surface area contributed by atoms with Crippen LogP contribution in [0, 0.1) is 0 Å². The van der Waals surface area contributed by atoms with Gasteiger partial charge < -0.3 is 4.74 Å². The lowest BCUT2D eigenvalue weighted by atomic mass is 10.2. The zero-order valence-corrected chi connectivity index (χ0v) is 16.7. The van der Waals surface area contributed by atoms with Gasteiger partial charge in [-0.25, -0.2) is 9.69 Å². The molecule has 2 heterocycles. The molecule has 2 aromatic rings. The van der Waals surface area contributed by atoms with Crippen LogP contribution in [0.3, 0.4) is 0 Å². The molecule has 1 aliphatic rings. The van der Waals surface area contributed by atoms with Crippen LogP contribution in [0.25, 0.3) is 5.57 Å². The number of rotatable bonds is 7. The number of carbonyl (C=O) groups excluding carboxylic acids is 3. The maximum absolute atomic E-state index is 13.0. The predicted octanol–water partition coefficient (Wildman–Crippen LogP) is 4.35. The van der Waals surface area contributed by atoms with E-state index < -0.39 is 5.97 Å². The number of anilines is 1. The Bertz CT molecular complexity index is 885. The smallest absolute Gasteiger partial charge is 0.338 e. The molecule has 0 radical (unpaired) electrons. The van der Waals surface area contributed by atoms with Crippen molar-refractivity contribution in [2.45, 2.75) is 20.3 Å². The van der Waals surface area contributed by atoms with Gasteiger partial charge in [0.1, 0.15) is 0 Å². The minimum absolute atomic E-state index is 0.323. The third-order valence-electron chi connectivity index (χ3n) is 3.90. The van der Waals surface area contributed by atoms with Crippen molar-refractivity contribution in [2.24, 2.45) is 0 Å². The summed E-state index contributed by atoms with van der Waals surface area (Å²) in [5, 5.41) is 1.88. The van der Waals surface area contributed by atoms with Crippen molar-refractivity contribution in [1.82, 2.24) is 0 Å². The van der Waals surface area contributed by atoms with Crippen LogP contribution >= 0.6 is 23.1 Å². The molecule has 140 valence electrons. The number of imide groups is 1. The van der Waals surface area contributed by atoms with Gasteiger partial charge in [-0.2, -0.15) is 0 Å². The summed E-state index contributed by atoms with van der Waals surface area (Å²) >= 11 is 2.81. The molecular formula is C20H19NO4S2. The molecule has 1 aliphatic heterocycles. The van der Waals surface area contributed by atoms with Crippen molar-refractivity contribution in [1.29, 1.82) is 0 Å². The molecule has 0 N–H and O–H groups in total. The van der Waals surface area contributed by atoms with Crippen molar-refractivity contribution < 1.29 is 19.1 Å². The minimum Gasteiger partial charge on any atom is -0.462 e. The van der Waals surface area contributed by atoms with E-state index in [1.54, 1.807) is 24.3 Å². The van der Waals surface area contributed by atoms with E-state index in [1.807, 2.05) is 31.4 Å². The molecule has 7 heteroatoms. The van der Waals surface area contributed by atoms with Gasteiger partial charge in [-0.3, -0.25) is 9.59 Å². The lowest BCUT2D eigenvalue weighted by Crippen LogP contribution is -2.31. The Morgan fingerprint density at radius 3 is 2.44 bits per heavy atom. The summed E-state index contributed by atoms with van der Waals surface area (Å²) in [5.41, 5.74) is 1.28. The van der Waals surface area contributed by atoms with Crippen molar-refractivity contribution in [3.8, 4) is 0 Å². The molecular weight excluding hydrogens is 382 g/mol. The highest BCUT2D eigenvalue weighted by atomic mass is 32.2. The normalized spacial score (nSPS) is 14.2. The number of amides is 2. The average Bonchev–Trinajstić information content (AvgIpc) is 3.27. The van der Waals surface area contributed by atoms with E-state index in [-0.39, 0.29) is 11.8 Å². The molecule has 1 aromatic heterocycles. The van der Waals surface area contributed by atoms with Gasteiger partial charge in [0.25, 0.3) is 11.8 Å². The number of hydrogen-bond donors (Lipinski definition) is 0. The Labute approximate surface area is 166 Å². The summed E-state index contributed by atoms with van der Waals surface area (Å²) in [4.78, 5) is 40.3. The molecule has 1 aromatic carbocycles. The summed E-state index contributed by atoms with van der Waals surface area (Å²) in [6.45, 7) is 4.22. The highest BCUT2D eigenvalue weighted by Gasteiger charge is 2.40. The number of thioether (sulfide) groups is 1. The second kappa shape index (κ2) is 8.54. The van der Waals surface area contributed by atoms with Crippen LogP contribution in [0.4, 0.5) is 5.69 Å². The Hall–Kier alpha value is -2.38. The number of hydrogen-bond acceptors (Lipinski definition) is 6. The second-order valence-corrected chi connectivity index (χ2v) is 7.96. The first kappa shape index (κ1) is 19.4. The zero-order chi connectivity index (χ0) is 19.4. The topological polar surface area (TPSA) is 63.7 Å². The fraction of sp³-hybridized carbons (Fsp3) is 0.250. The summed E-state index contributed by atoms with van der Waals surface area (Å²) in [7, 11) is 0. The summed E-state index contributed by atoms with van der Waals surface area (Å²) in [5.74, 6) is -0.377. The highest BCUT2D eigenvalue weighted by molar-refractivity contribution is 8.04. The van der Waals surface area contributed by atoms with E-state index in [1.165, 1.54) is 28.0 Å². The predicted molar refractivity (Wildman–Crippen MR) is 109 cm³/mol. The molecule has 0 atom stereocenters. The SMILES string of the molecule is CCCOC(=O)c1ccc(N2C(=O)C(SCC)=C(c3cccs3)C2=O)cc1. The number of benzene rings is 1. The van der Waals surface area contributed by atoms with E-state index in [0.717, 1.165) is 11.3 Å². The number of esters is 1. The second-order valence-electron chi connectivity index (χ2n) is 5.74. The summed E-state index contributed by atoms with van der Waals surface area (Å²) in [6.07, 6.45) is 0.746. The molecule has 0 saturated carbocycles. The number of nitrogens with zero attached hydrogens (tertiary/aromatic N) is 1. The maximum atomic E-state index is 13.0. The average molecular weight is 402 g/mol. The van der Waals surface area contributed by atoms with E-state index in [0.29, 0.717) is 34.1 Å². The monoisotopic (exact) mass is 401 g/mol. The maximum Gasteiger partial charge on any atom is 0.338 e. The van der Waals surface area contributed by atoms with Crippen LogP contribution in [-0.4, -0.2) is 30.1 Å². The number of ether oxygens (including phenoxy) is 1. The van der Waals surface area contributed by atoms with Crippen molar-refractivity contribution >= 4 is 52.1 Å². The molecule has 5 nitrogen and oxygen atoms in total. The van der Waals surface area contributed by atoms with Crippen molar-refractivity contribution in [3.05, 3.63) is 57.1 Å². The van der Waals surface area contributed by atoms with Crippen LogP contribution in [0.1, 0.15) is 35.5 Å². The molecule has 0 fully saturated rings. The quantitative estimate of drug-likeness (QED) is 0.510. The lowest BCUT2D eigenvalue weighted by Gasteiger charge is -2.15. The van der Waals surface area contributed by atoms with Crippen molar-refractivity contribution in [2.75, 3.05) is 17.3 Å². The van der Waals surface area contributed by atoms with Gasteiger partial charge in [-0.15, -0.1) is 23.1 Å². The Morgan fingerprint density at radius 2 is 1.85 bits per heavy atom. The summed E-state index contributed by atoms with van der Waals surface area (Å²) < 4.78 is 5.10. The van der Waals surface area contributed by atoms with Gasteiger partial charge in [0.05, 0.1) is 28.3 Å². The van der Waals surface area contributed by atoms with Crippen molar-refractivity contribution in [3.63, 3.8) is 0 Å².